The average Bonchev–Trinajstić information content (AvgIpc) is 2.59. The van der Waals surface area contributed by atoms with Gasteiger partial charge in [0, 0.05) is 0 Å². The quantitative estimate of drug-likeness (QED) is 0.544. The lowest BCUT2D eigenvalue weighted by atomic mass is 9.90. The highest BCUT2D eigenvalue weighted by Gasteiger charge is 2.13. The maximum absolute atomic E-state index is 9.86. The van der Waals surface area contributed by atoms with Gasteiger partial charge in [0.2, 0.25) is 0 Å². The summed E-state index contributed by atoms with van der Waals surface area (Å²) in [7, 11) is 0. The van der Waals surface area contributed by atoms with E-state index in [1.807, 2.05) is 48.5 Å². The smallest absolute Gasteiger partial charge is 0.0688 e. The SMILES string of the molecule is OCc1cc2ccccc2c2c(CO)cc3ccccc3c12. The Bertz CT molecular complexity index is 919. The van der Waals surface area contributed by atoms with E-state index >= 15 is 0 Å². The van der Waals surface area contributed by atoms with E-state index in [1.165, 1.54) is 0 Å². The molecule has 0 radical (unpaired) electrons. The first-order valence-electron chi connectivity index (χ1n) is 7.40. The van der Waals surface area contributed by atoms with Crippen LogP contribution in [0, 0.1) is 0 Å². The minimum absolute atomic E-state index is 0.0137. The van der Waals surface area contributed by atoms with Gasteiger partial charge < -0.3 is 10.2 Å². The van der Waals surface area contributed by atoms with Crippen LogP contribution in [0.5, 0.6) is 0 Å². The predicted molar refractivity (Wildman–Crippen MR) is 90.8 cm³/mol. The largest absolute Gasteiger partial charge is 0.392 e. The fourth-order valence-electron chi connectivity index (χ4n) is 3.41. The number of hydrogen-bond donors (Lipinski definition) is 2. The highest BCUT2D eigenvalue weighted by Crippen LogP contribution is 2.36. The normalized spacial score (nSPS) is 11.5. The van der Waals surface area contributed by atoms with Crippen LogP contribution in [-0.2, 0) is 13.2 Å². The third-order valence-electron chi connectivity index (χ3n) is 4.35. The maximum Gasteiger partial charge on any atom is 0.0688 e. The lowest BCUT2D eigenvalue weighted by Crippen LogP contribution is -1.94. The van der Waals surface area contributed by atoms with E-state index in [2.05, 4.69) is 12.1 Å². The van der Waals surface area contributed by atoms with Crippen molar-refractivity contribution in [1.29, 1.82) is 0 Å². The van der Waals surface area contributed by atoms with Crippen LogP contribution in [0.2, 0.25) is 0 Å². The van der Waals surface area contributed by atoms with Crippen molar-refractivity contribution in [2.45, 2.75) is 13.2 Å². The summed E-state index contributed by atoms with van der Waals surface area (Å²) in [6, 6.07) is 20.3. The highest BCUT2D eigenvalue weighted by atomic mass is 16.3. The second kappa shape index (κ2) is 5.09. The summed E-state index contributed by atoms with van der Waals surface area (Å²) >= 11 is 0. The summed E-state index contributed by atoms with van der Waals surface area (Å²) in [6.07, 6.45) is 0. The van der Waals surface area contributed by atoms with Gasteiger partial charge in [-0.05, 0) is 55.6 Å². The molecule has 0 amide bonds. The van der Waals surface area contributed by atoms with Crippen LogP contribution < -0.4 is 0 Å². The molecule has 2 N–H and O–H groups in total. The minimum Gasteiger partial charge on any atom is -0.392 e. The van der Waals surface area contributed by atoms with Crippen molar-refractivity contribution in [3.63, 3.8) is 0 Å². The first-order valence-corrected chi connectivity index (χ1v) is 7.40. The first-order chi connectivity index (χ1) is 10.8. The molecule has 0 fully saturated rings. The zero-order chi connectivity index (χ0) is 15.1. The van der Waals surface area contributed by atoms with Gasteiger partial charge in [-0.3, -0.25) is 0 Å². The highest BCUT2D eigenvalue weighted by molar-refractivity contribution is 6.20. The number of benzene rings is 4. The average molecular weight is 288 g/mol. The zero-order valence-corrected chi connectivity index (χ0v) is 12.1. The van der Waals surface area contributed by atoms with Crippen molar-refractivity contribution >= 4 is 32.3 Å². The standard InChI is InChI=1S/C20H16O2/c21-11-15-9-13-5-1-3-7-17(13)19-16(12-22)10-14-6-2-4-8-18(14)20(15)19/h1-10,21-22H,11-12H2. The molecule has 22 heavy (non-hydrogen) atoms. The number of fused-ring (bicyclic) bond motifs is 5. The molecular weight excluding hydrogens is 272 g/mol. The van der Waals surface area contributed by atoms with E-state index in [0.717, 1.165) is 43.4 Å². The topological polar surface area (TPSA) is 40.5 Å². The van der Waals surface area contributed by atoms with Crippen LogP contribution in [0.15, 0.2) is 60.7 Å². The van der Waals surface area contributed by atoms with E-state index in [4.69, 9.17) is 0 Å². The number of aliphatic hydroxyl groups is 2. The molecule has 4 rings (SSSR count). The van der Waals surface area contributed by atoms with Crippen LogP contribution in [-0.4, -0.2) is 10.2 Å². The fourth-order valence-corrected chi connectivity index (χ4v) is 3.41. The van der Waals surface area contributed by atoms with Gasteiger partial charge in [0.25, 0.3) is 0 Å². The molecule has 0 aromatic heterocycles. The van der Waals surface area contributed by atoms with Gasteiger partial charge in [-0.25, -0.2) is 0 Å². The van der Waals surface area contributed by atoms with E-state index < -0.39 is 0 Å². The molecule has 4 aromatic rings. The summed E-state index contributed by atoms with van der Waals surface area (Å²) in [6.45, 7) is -0.0274. The monoisotopic (exact) mass is 288 g/mol. The zero-order valence-electron chi connectivity index (χ0n) is 12.1. The number of rotatable bonds is 2. The van der Waals surface area contributed by atoms with Crippen LogP contribution >= 0.6 is 0 Å². The predicted octanol–water partition coefficient (Wildman–Crippen LogP) is 4.13. The van der Waals surface area contributed by atoms with Gasteiger partial charge in [0.15, 0.2) is 0 Å². The summed E-state index contributed by atoms with van der Waals surface area (Å²) in [5.74, 6) is 0. The Labute approximate surface area is 128 Å². The van der Waals surface area contributed by atoms with Crippen molar-refractivity contribution in [2.24, 2.45) is 0 Å². The molecule has 0 aliphatic rings. The molecule has 0 atom stereocenters. The number of aliphatic hydroxyl groups excluding tert-OH is 2. The molecule has 0 aliphatic carbocycles. The molecule has 108 valence electrons. The Morgan fingerprint density at radius 2 is 1.00 bits per heavy atom. The lowest BCUT2D eigenvalue weighted by Gasteiger charge is -2.15. The van der Waals surface area contributed by atoms with Gasteiger partial charge in [-0.2, -0.15) is 0 Å². The first kappa shape index (κ1) is 13.3. The second-order valence-corrected chi connectivity index (χ2v) is 5.58. The second-order valence-electron chi connectivity index (χ2n) is 5.58. The molecule has 0 heterocycles. The molecular formula is C20H16O2. The van der Waals surface area contributed by atoms with Gasteiger partial charge in [0.1, 0.15) is 0 Å². The molecule has 4 aromatic carbocycles. The molecule has 0 saturated carbocycles. The Morgan fingerprint density at radius 1 is 0.591 bits per heavy atom. The van der Waals surface area contributed by atoms with Crippen molar-refractivity contribution in [2.75, 3.05) is 0 Å². The van der Waals surface area contributed by atoms with Crippen molar-refractivity contribution in [1.82, 2.24) is 0 Å². The Hall–Kier alpha value is -2.42. The molecule has 0 bridgehead atoms. The van der Waals surface area contributed by atoms with E-state index in [-0.39, 0.29) is 13.2 Å². The fraction of sp³-hybridized carbons (Fsp3) is 0.100. The maximum atomic E-state index is 9.86. The van der Waals surface area contributed by atoms with Crippen LogP contribution in [0.3, 0.4) is 0 Å². The summed E-state index contributed by atoms with van der Waals surface area (Å²) < 4.78 is 0. The van der Waals surface area contributed by atoms with Gasteiger partial charge in [0.05, 0.1) is 13.2 Å². The lowest BCUT2D eigenvalue weighted by molar-refractivity contribution is 0.282. The van der Waals surface area contributed by atoms with Gasteiger partial charge in [-0.1, -0.05) is 48.5 Å². The van der Waals surface area contributed by atoms with Crippen LogP contribution in [0.4, 0.5) is 0 Å². The van der Waals surface area contributed by atoms with Gasteiger partial charge >= 0.3 is 0 Å². The Kier molecular flexibility index (Phi) is 3.07. The Balaban J connectivity index is 2.37. The molecule has 0 unspecified atom stereocenters. The van der Waals surface area contributed by atoms with Crippen molar-refractivity contribution < 1.29 is 10.2 Å². The summed E-state index contributed by atoms with van der Waals surface area (Å²) in [5, 5.41) is 26.2. The van der Waals surface area contributed by atoms with E-state index in [1.54, 1.807) is 0 Å². The van der Waals surface area contributed by atoms with E-state index in [0.29, 0.717) is 0 Å². The summed E-state index contributed by atoms with van der Waals surface area (Å²) in [5.41, 5.74) is 1.81. The van der Waals surface area contributed by atoms with Crippen LogP contribution in [0.25, 0.3) is 32.3 Å². The van der Waals surface area contributed by atoms with Crippen LogP contribution in [0.1, 0.15) is 11.1 Å². The molecule has 0 saturated heterocycles. The number of hydrogen-bond acceptors (Lipinski definition) is 2. The third-order valence-corrected chi connectivity index (χ3v) is 4.35. The Morgan fingerprint density at radius 3 is 1.41 bits per heavy atom. The van der Waals surface area contributed by atoms with Crippen molar-refractivity contribution in [3.8, 4) is 0 Å². The minimum atomic E-state index is -0.0137. The molecule has 0 aliphatic heterocycles. The molecule has 0 spiro atoms. The molecule has 2 nitrogen and oxygen atoms in total. The van der Waals surface area contributed by atoms with Crippen molar-refractivity contribution in [3.05, 3.63) is 71.8 Å². The van der Waals surface area contributed by atoms with E-state index in [9.17, 15) is 10.2 Å². The third kappa shape index (κ3) is 1.82. The van der Waals surface area contributed by atoms with Gasteiger partial charge in [-0.15, -0.1) is 0 Å². The molecule has 2 heteroatoms. The summed E-state index contributed by atoms with van der Waals surface area (Å²) in [4.78, 5) is 0.